The summed E-state index contributed by atoms with van der Waals surface area (Å²) in [5.74, 6) is 1.53. The van der Waals surface area contributed by atoms with Gasteiger partial charge in [-0.1, -0.05) is 30.3 Å². The molecule has 2 aliphatic heterocycles. The van der Waals surface area contributed by atoms with Crippen LogP contribution in [0.4, 0.5) is 0 Å². The molecule has 2 aromatic carbocycles. The van der Waals surface area contributed by atoms with Crippen LogP contribution in [0.15, 0.2) is 42.5 Å². The number of para-hydroxylation sites is 2. The Morgan fingerprint density at radius 3 is 2.71 bits per heavy atom. The number of rotatable bonds is 2. The Labute approximate surface area is 128 Å². The number of benzene rings is 2. The third kappa shape index (κ3) is 2.37. The Balaban J connectivity index is 1.57. The van der Waals surface area contributed by atoms with Crippen molar-refractivity contribution in [1.82, 2.24) is 0 Å². The first-order valence-corrected chi connectivity index (χ1v) is 7.47. The quantitative estimate of drug-likeness (QED) is 0.789. The van der Waals surface area contributed by atoms with E-state index in [4.69, 9.17) is 25.8 Å². The van der Waals surface area contributed by atoms with Crippen LogP contribution >= 0.6 is 11.6 Å². The second kappa shape index (κ2) is 5.24. The molecule has 21 heavy (non-hydrogen) atoms. The first kappa shape index (κ1) is 13.0. The van der Waals surface area contributed by atoms with Gasteiger partial charge in [-0.25, -0.2) is 0 Å². The molecular weight excluding hydrogens is 288 g/mol. The average molecular weight is 303 g/mol. The minimum Gasteiger partial charge on any atom is -0.486 e. The maximum atomic E-state index is 6.61. The van der Waals surface area contributed by atoms with Crippen molar-refractivity contribution in [1.29, 1.82) is 0 Å². The summed E-state index contributed by atoms with van der Waals surface area (Å²) in [6, 6.07) is 13.9. The van der Waals surface area contributed by atoms with E-state index in [2.05, 4.69) is 18.2 Å². The number of hydrogen-bond acceptors (Lipinski definition) is 3. The molecule has 3 nitrogen and oxygen atoms in total. The lowest BCUT2D eigenvalue weighted by atomic mass is 10.0. The highest BCUT2D eigenvalue weighted by molar-refractivity contribution is 6.21. The number of hydrogen-bond donors (Lipinski definition) is 0. The zero-order chi connectivity index (χ0) is 14.2. The van der Waals surface area contributed by atoms with Gasteiger partial charge >= 0.3 is 0 Å². The summed E-state index contributed by atoms with van der Waals surface area (Å²) in [5, 5.41) is -0.246. The summed E-state index contributed by atoms with van der Waals surface area (Å²) in [6.45, 7) is 1.81. The van der Waals surface area contributed by atoms with Crippen LogP contribution in [0, 0.1) is 0 Å². The molecule has 2 atom stereocenters. The molecule has 0 aromatic heterocycles. The van der Waals surface area contributed by atoms with Gasteiger partial charge in [-0.15, -0.1) is 11.6 Å². The predicted octanol–water partition coefficient (Wildman–Crippen LogP) is 3.84. The van der Waals surface area contributed by atoms with E-state index in [0.29, 0.717) is 19.8 Å². The molecule has 108 valence electrons. The highest BCUT2D eigenvalue weighted by Crippen LogP contribution is 2.37. The Morgan fingerprint density at radius 1 is 1.00 bits per heavy atom. The fourth-order valence-corrected chi connectivity index (χ4v) is 3.02. The second-order valence-corrected chi connectivity index (χ2v) is 5.81. The predicted molar refractivity (Wildman–Crippen MR) is 79.9 cm³/mol. The van der Waals surface area contributed by atoms with Gasteiger partial charge < -0.3 is 14.2 Å². The Kier molecular flexibility index (Phi) is 3.24. The van der Waals surface area contributed by atoms with E-state index in [1.807, 2.05) is 24.3 Å². The molecule has 0 aliphatic carbocycles. The Morgan fingerprint density at radius 2 is 1.81 bits per heavy atom. The normalized spacial score (nSPS) is 20.9. The van der Waals surface area contributed by atoms with E-state index >= 15 is 0 Å². The monoisotopic (exact) mass is 302 g/mol. The van der Waals surface area contributed by atoms with Gasteiger partial charge in [0.25, 0.3) is 0 Å². The minimum absolute atomic E-state index is 0.193. The van der Waals surface area contributed by atoms with Gasteiger partial charge in [0.15, 0.2) is 17.6 Å². The molecule has 0 saturated heterocycles. The van der Waals surface area contributed by atoms with Crippen LogP contribution < -0.4 is 9.47 Å². The zero-order valence-electron chi connectivity index (χ0n) is 11.4. The van der Waals surface area contributed by atoms with Crippen molar-refractivity contribution in [3.63, 3.8) is 0 Å². The molecule has 2 heterocycles. The fourth-order valence-electron chi connectivity index (χ4n) is 2.76. The molecule has 0 bridgehead atoms. The summed E-state index contributed by atoms with van der Waals surface area (Å²) in [4.78, 5) is 0. The summed E-state index contributed by atoms with van der Waals surface area (Å²) in [5.41, 5.74) is 3.51. The number of alkyl halides is 1. The summed E-state index contributed by atoms with van der Waals surface area (Å²) in [6.07, 6.45) is -0.193. The van der Waals surface area contributed by atoms with Crippen molar-refractivity contribution in [3.05, 3.63) is 59.2 Å². The van der Waals surface area contributed by atoms with Crippen molar-refractivity contribution in [2.75, 3.05) is 6.61 Å². The Hall–Kier alpha value is -1.71. The third-order valence-electron chi connectivity index (χ3n) is 3.92. The number of halogens is 1. The molecule has 2 unspecified atom stereocenters. The highest BCUT2D eigenvalue weighted by Gasteiger charge is 2.29. The summed E-state index contributed by atoms with van der Waals surface area (Å²) < 4.78 is 17.2. The smallest absolute Gasteiger partial charge is 0.161 e. The van der Waals surface area contributed by atoms with E-state index in [0.717, 1.165) is 17.1 Å². The van der Waals surface area contributed by atoms with E-state index in [-0.39, 0.29) is 11.5 Å². The van der Waals surface area contributed by atoms with Crippen LogP contribution in [0.2, 0.25) is 0 Å². The van der Waals surface area contributed by atoms with Crippen molar-refractivity contribution in [2.45, 2.75) is 24.7 Å². The molecular formula is C17H15ClO3. The van der Waals surface area contributed by atoms with Gasteiger partial charge in [-0.05, 0) is 28.8 Å². The van der Waals surface area contributed by atoms with E-state index in [1.54, 1.807) is 0 Å². The first-order valence-electron chi connectivity index (χ1n) is 7.03. The molecule has 0 amide bonds. The summed E-state index contributed by atoms with van der Waals surface area (Å²) in [7, 11) is 0. The Bertz CT molecular complexity index is 671. The SMILES string of the molecule is ClC(c1ccc2c(c1)COC2)C1COc2ccccc2O1. The first-order chi connectivity index (χ1) is 10.3. The lowest BCUT2D eigenvalue weighted by molar-refractivity contribution is 0.0877. The van der Waals surface area contributed by atoms with Crippen LogP contribution in [-0.2, 0) is 18.0 Å². The standard InChI is InChI=1S/C17H15ClO3/c18-17(11-5-6-12-8-19-9-13(12)7-11)16-10-20-14-3-1-2-4-15(14)21-16/h1-7,16-17H,8-10H2. The average Bonchev–Trinajstić information content (AvgIpc) is 3.01. The van der Waals surface area contributed by atoms with Crippen LogP contribution in [0.1, 0.15) is 22.1 Å². The molecule has 2 aromatic rings. The van der Waals surface area contributed by atoms with Crippen LogP contribution in [-0.4, -0.2) is 12.7 Å². The van der Waals surface area contributed by atoms with Crippen LogP contribution in [0.3, 0.4) is 0 Å². The molecule has 0 saturated carbocycles. The molecule has 0 radical (unpaired) electrons. The topological polar surface area (TPSA) is 27.7 Å². The molecule has 0 N–H and O–H groups in total. The third-order valence-corrected chi connectivity index (χ3v) is 4.45. The van der Waals surface area contributed by atoms with Crippen molar-refractivity contribution in [3.8, 4) is 11.5 Å². The molecule has 4 heteroatoms. The second-order valence-electron chi connectivity index (χ2n) is 5.34. The van der Waals surface area contributed by atoms with E-state index in [1.165, 1.54) is 11.1 Å². The van der Waals surface area contributed by atoms with Gasteiger partial charge in [0.2, 0.25) is 0 Å². The lowest BCUT2D eigenvalue weighted by Crippen LogP contribution is -2.32. The van der Waals surface area contributed by atoms with Crippen LogP contribution in [0.25, 0.3) is 0 Å². The lowest BCUT2D eigenvalue weighted by Gasteiger charge is -2.29. The van der Waals surface area contributed by atoms with Crippen LogP contribution in [0.5, 0.6) is 11.5 Å². The van der Waals surface area contributed by atoms with Gasteiger partial charge in [0.05, 0.1) is 18.6 Å². The van der Waals surface area contributed by atoms with Crippen molar-refractivity contribution >= 4 is 11.6 Å². The minimum atomic E-state index is -0.246. The molecule has 2 aliphatic rings. The van der Waals surface area contributed by atoms with Gasteiger partial charge in [0.1, 0.15) is 6.61 Å². The zero-order valence-corrected chi connectivity index (χ0v) is 12.2. The highest BCUT2D eigenvalue weighted by atomic mass is 35.5. The maximum Gasteiger partial charge on any atom is 0.161 e. The van der Waals surface area contributed by atoms with E-state index in [9.17, 15) is 0 Å². The summed E-state index contributed by atoms with van der Waals surface area (Å²) >= 11 is 6.61. The number of fused-ring (bicyclic) bond motifs is 2. The van der Waals surface area contributed by atoms with Gasteiger partial charge in [0, 0.05) is 0 Å². The molecule has 4 rings (SSSR count). The van der Waals surface area contributed by atoms with Crippen molar-refractivity contribution < 1.29 is 14.2 Å². The largest absolute Gasteiger partial charge is 0.486 e. The maximum absolute atomic E-state index is 6.61. The molecule has 0 fully saturated rings. The van der Waals surface area contributed by atoms with E-state index < -0.39 is 0 Å². The number of ether oxygens (including phenoxy) is 3. The van der Waals surface area contributed by atoms with Gasteiger partial charge in [-0.2, -0.15) is 0 Å². The molecule has 0 spiro atoms. The van der Waals surface area contributed by atoms with Crippen molar-refractivity contribution in [2.24, 2.45) is 0 Å². The van der Waals surface area contributed by atoms with Gasteiger partial charge in [-0.3, -0.25) is 0 Å². The fraction of sp³-hybridized carbons (Fsp3) is 0.294.